The second-order valence-corrected chi connectivity index (χ2v) is 8.24. The first-order valence-electron chi connectivity index (χ1n) is 9.06. The minimum absolute atomic E-state index is 0.0335. The number of hydrogen-bond acceptors (Lipinski definition) is 6. The first-order valence-corrected chi connectivity index (χ1v) is 10.8. The highest BCUT2D eigenvalue weighted by Gasteiger charge is 2.32. The van der Waals surface area contributed by atoms with E-state index in [2.05, 4.69) is 5.32 Å². The van der Waals surface area contributed by atoms with Crippen LogP contribution in [0.2, 0.25) is 0 Å². The van der Waals surface area contributed by atoms with Crippen molar-refractivity contribution in [3.63, 3.8) is 0 Å². The Morgan fingerprint density at radius 3 is 2.50 bits per heavy atom. The van der Waals surface area contributed by atoms with Crippen molar-refractivity contribution in [1.82, 2.24) is 10.2 Å². The topological polar surface area (TPSA) is 94.2 Å². The molecule has 1 N–H and O–H groups in total. The predicted octanol–water partition coefficient (Wildman–Crippen LogP) is 3.28. The molecule has 1 aliphatic rings. The second kappa shape index (κ2) is 11.5. The van der Waals surface area contributed by atoms with Gasteiger partial charge in [-0.05, 0) is 46.5 Å². The average molecular weight is 390 g/mol. The summed E-state index contributed by atoms with van der Waals surface area (Å²) in [4.78, 5) is 24.3. The van der Waals surface area contributed by atoms with Crippen LogP contribution in [-0.4, -0.2) is 56.0 Å². The number of carbonyl (C=O) groups is 2. The molecule has 9 heteroatoms. The third-order valence-electron chi connectivity index (χ3n) is 3.98. The maximum Gasteiger partial charge on any atom is 0.330 e. The quantitative estimate of drug-likeness (QED) is 0.331. The molecule has 0 radical (unpaired) electrons. The molecule has 2 amide bonds. The van der Waals surface area contributed by atoms with Crippen LogP contribution in [0.5, 0.6) is 0 Å². The molecule has 0 saturated carbocycles. The normalized spacial score (nSPS) is 20.8. The minimum Gasteiger partial charge on any atom is -0.355 e. The Morgan fingerprint density at radius 1 is 1.31 bits per heavy atom. The van der Waals surface area contributed by atoms with Crippen LogP contribution in [0.1, 0.15) is 46.5 Å². The molecule has 0 spiro atoms. The van der Waals surface area contributed by atoms with Gasteiger partial charge >= 0.3 is 13.6 Å². The first-order chi connectivity index (χ1) is 12.4. The Labute approximate surface area is 155 Å². The molecule has 26 heavy (non-hydrogen) atoms. The van der Waals surface area contributed by atoms with Gasteiger partial charge in [0, 0.05) is 18.8 Å². The fourth-order valence-electron chi connectivity index (χ4n) is 2.83. The summed E-state index contributed by atoms with van der Waals surface area (Å²) in [5, 5.41) is 2.55. The number of nitrogens with zero attached hydrogens (tertiary/aromatic N) is 1. The number of hydrogen-bond donors (Lipinski definition) is 1. The van der Waals surface area contributed by atoms with E-state index in [1.165, 1.54) is 18.1 Å². The van der Waals surface area contributed by atoms with Gasteiger partial charge in [0.2, 0.25) is 0 Å². The molecule has 2 unspecified atom stereocenters. The van der Waals surface area contributed by atoms with E-state index in [9.17, 15) is 14.2 Å². The molecule has 1 fully saturated rings. The molecule has 2 atom stereocenters. The summed E-state index contributed by atoms with van der Waals surface area (Å²) in [6.45, 7) is 5.91. The van der Waals surface area contributed by atoms with Crippen molar-refractivity contribution in [3.8, 4) is 0 Å². The van der Waals surface area contributed by atoms with Crippen molar-refractivity contribution >= 4 is 19.9 Å². The van der Waals surface area contributed by atoms with E-state index in [0.29, 0.717) is 50.5 Å². The lowest BCUT2D eigenvalue weighted by Gasteiger charge is -2.25. The lowest BCUT2D eigenvalue weighted by Crippen LogP contribution is -2.41. The SMILES string of the molecule is CCOP(=O)(CCCC1CCC(N(/C=C(/C)C=O)C(=O)NC)O1)OCC. The first kappa shape index (κ1) is 22.8. The highest BCUT2D eigenvalue weighted by atomic mass is 31.2. The number of nitrogens with one attached hydrogen (secondary N) is 1. The molecule has 150 valence electrons. The molecule has 0 aromatic heterocycles. The Kier molecular flexibility index (Phi) is 10.1. The Hall–Kier alpha value is -1.21. The monoisotopic (exact) mass is 390 g/mol. The number of urea groups is 1. The summed E-state index contributed by atoms with van der Waals surface area (Å²) in [5.41, 5.74) is 0.440. The Bertz CT molecular complexity index is 529. The van der Waals surface area contributed by atoms with Gasteiger partial charge in [0.25, 0.3) is 0 Å². The van der Waals surface area contributed by atoms with E-state index in [-0.39, 0.29) is 12.1 Å². The summed E-state index contributed by atoms with van der Waals surface area (Å²) in [5.74, 6) is 0. The van der Waals surface area contributed by atoms with Crippen LogP contribution < -0.4 is 5.32 Å². The molecule has 0 aromatic rings. The number of amides is 2. The smallest absolute Gasteiger partial charge is 0.330 e. The minimum atomic E-state index is -3.03. The van der Waals surface area contributed by atoms with Gasteiger partial charge < -0.3 is 19.1 Å². The van der Waals surface area contributed by atoms with Crippen molar-refractivity contribution in [2.75, 3.05) is 26.4 Å². The number of carbonyl (C=O) groups excluding carboxylic acids is 2. The van der Waals surface area contributed by atoms with Gasteiger partial charge in [-0.1, -0.05) is 0 Å². The standard InChI is InChI=1S/C17H31N2O6P/c1-5-23-26(22,24-6-2)11-7-8-15-9-10-16(25-15)19(17(21)18-4)12-14(3)13-20/h12-13,15-16H,5-11H2,1-4H3,(H,18,21)/b14-12-. The van der Waals surface area contributed by atoms with Gasteiger partial charge in [-0.3, -0.25) is 14.3 Å². The molecule has 1 saturated heterocycles. The molecular weight excluding hydrogens is 359 g/mol. The van der Waals surface area contributed by atoms with Gasteiger partial charge in [-0.15, -0.1) is 0 Å². The summed E-state index contributed by atoms with van der Waals surface area (Å²) in [6.07, 6.45) is 4.92. The highest BCUT2D eigenvalue weighted by molar-refractivity contribution is 7.53. The van der Waals surface area contributed by atoms with Gasteiger partial charge in [0.15, 0.2) is 0 Å². The summed E-state index contributed by atoms with van der Waals surface area (Å²) in [7, 11) is -1.50. The zero-order chi connectivity index (χ0) is 19.6. The van der Waals surface area contributed by atoms with Crippen molar-refractivity contribution in [2.45, 2.75) is 58.8 Å². The third kappa shape index (κ3) is 7.19. The highest BCUT2D eigenvalue weighted by Crippen LogP contribution is 2.49. The molecule has 1 heterocycles. The van der Waals surface area contributed by atoms with E-state index in [0.717, 1.165) is 6.42 Å². The molecule has 1 rings (SSSR count). The molecule has 1 aliphatic heterocycles. The maximum atomic E-state index is 12.5. The molecule has 0 bridgehead atoms. The van der Waals surface area contributed by atoms with Gasteiger partial charge in [0.05, 0.1) is 25.5 Å². The fourth-order valence-corrected chi connectivity index (χ4v) is 4.52. The van der Waals surface area contributed by atoms with Gasteiger partial charge in [0.1, 0.15) is 12.5 Å². The molecule has 0 aliphatic carbocycles. The van der Waals surface area contributed by atoms with Crippen LogP contribution >= 0.6 is 7.60 Å². The van der Waals surface area contributed by atoms with E-state index in [1.54, 1.807) is 20.8 Å². The van der Waals surface area contributed by atoms with Crippen LogP contribution in [0, 0.1) is 0 Å². The molecular formula is C17H31N2O6P. The summed E-state index contributed by atoms with van der Waals surface area (Å²) >= 11 is 0. The molecule has 8 nitrogen and oxygen atoms in total. The van der Waals surface area contributed by atoms with Crippen molar-refractivity contribution in [3.05, 3.63) is 11.8 Å². The second-order valence-electron chi connectivity index (χ2n) is 6.06. The lowest BCUT2D eigenvalue weighted by molar-refractivity contribution is -0.105. The van der Waals surface area contributed by atoms with Gasteiger partial charge in [-0.2, -0.15) is 0 Å². The van der Waals surface area contributed by atoms with E-state index < -0.39 is 13.8 Å². The van der Waals surface area contributed by atoms with Crippen LogP contribution in [0.25, 0.3) is 0 Å². The number of ether oxygens (including phenoxy) is 1. The van der Waals surface area contributed by atoms with E-state index >= 15 is 0 Å². The van der Waals surface area contributed by atoms with Crippen LogP contribution in [0.3, 0.4) is 0 Å². The van der Waals surface area contributed by atoms with E-state index in [1.807, 2.05) is 0 Å². The van der Waals surface area contributed by atoms with Crippen molar-refractivity contribution in [2.24, 2.45) is 0 Å². The fraction of sp³-hybridized carbons (Fsp3) is 0.765. The lowest BCUT2D eigenvalue weighted by atomic mass is 10.1. The Morgan fingerprint density at radius 2 is 1.96 bits per heavy atom. The summed E-state index contributed by atoms with van der Waals surface area (Å²) < 4.78 is 29.0. The zero-order valence-electron chi connectivity index (χ0n) is 16.1. The largest absolute Gasteiger partial charge is 0.355 e. The summed E-state index contributed by atoms with van der Waals surface area (Å²) in [6, 6.07) is -0.325. The number of rotatable bonds is 11. The predicted molar refractivity (Wildman–Crippen MR) is 99.0 cm³/mol. The van der Waals surface area contributed by atoms with Gasteiger partial charge in [-0.25, -0.2) is 4.79 Å². The van der Waals surface area contributed by atoms with E-state index in [4.69, 9.17) is 13.8 Å². The number of allylic oxidation sites excluding steroid dienone is 1. The maximum absolute atomic E-state index is 12.5. The average Bonchev–Trinajstić information content (AvgIpc) is 3.07. The van der Waals surface area contributed by atoms with Crippen LogP contribution in [0.4, 0.5) is 4.79 Å². The number of aldehydes is 1. The van der Waals surface area contributed by atoms with Crippen molar-refractivity contribution < 1.29 is 27.9 Å². The van der Waals surface area contributed by atoms with Crippen molar-refractivity contribution in [1.29, 1.82) is 0 Å². The third-order valence-corrected chi connectivity index (χ3v) is 6.15. The molecule has 0 aromatic carbocycles. The Balaban J connectivity index is 2.57. The zero-order valence-corrected chi connectivity index (χ0v) is 17.0. The van der Waals surface area contributed by atoms with Crippen LogP contribution in [-0.2, 0) is 23.1 Å². The van der Waals surface area contributed by atoms with Crippen LogP contribution in [0.15, 0.2) is 11.8 Å².